The van der Waals surface area contributed by atoms with E-state index in [0.717, 1.165) is 42.3 Å². The van der Waals surface area contributed by atoms with E-state index in [-0.39, 0.29) is 18.0 Å². The first-order valence-electron chi connectivity index (χ1n) is 9.06. The molecule has 1 aliphatic heterocycles. The van der Waals surface area contributed by atoms with Crippen LogP contribution in [0.4, 0.5) is 4.79 Å². The third kappa shape index (κ3) is 3.81. The Bertz CT molecular complexity index is 771. The largest absolute Gasteiger partial charge is 0.497 e. The Morgan fingerprint density at radius 1 is 1.38 bits per heavy atom. The molecule has 0 saturated carbocycles. The number of nitrogens with one attached hydrogen (secondary N) is 1. The molecule has 140 valence electrons. The van der Waals surface area contributed by atoms with Crippen LogP contribution < -0.4 is 10.1 Å². The van der Waals surface area contributed by atoms with E-state index in [4.69, 9.17) is 4.74 Å². The standard InChI is InChI=1S/C19H27N5O2/c1-13(2)17(18-22-21-16-9-6-10-24(16)18)20-19(25)23(3)12-14-7-5-8-15(11-14)26-4/h5,7-8,11,13,17H,6,9-10,12H2,1-4H3,(H,20,25). The molecule has 0 radical (unpaired) electrons. The summed E-state index contributed by atoms with van der Waals surface area (Å²) in [6.07, 6.45) is 2.05. The summed E-state index contributed by atoms with van der Waals surface area (Å²) in [5, 5.41) is 11.7. The van der Waals surface area contributed by atoms with Crippen LogP contribution in [0, 0.1) is 5.92 Å². The van der Waals surface area contributed by atoms with E-state index in [0.29, 0.717) is 6.54 Å². The van der Waals surface area contributed by atoms with Crippen molar-refractivity contribution in [1.29, 1.82) is 0 Å². The van der Waals surface area contributed by atoms with Crippen LogP contribution in [0.3, 0.4) is 0 Å². The molecule has 1 aromatic heterocycles. The second kappa shape index (κ2) is 7.76. The Kier molecular flexibility index (Phi) is 5.44. The minimum atomic E-state index is -0.158. The van der Waals surface area contributed by atoms with Crippen LogP contribution in [-0.2, 0) is 19.5 Å². The molecule has 1 N–H and O–H groups in total. The Hall–Kier alpha value is -2.57. The predicted octanol–water partition coefficient (Wildman–Crippen LogP) is 2.77. The highest BCUT2D eigenvalue weighted by atomic mass is 16.5. The van der Waals surface area contributed by atoms with Crippen molar-refractivity contribution in [3.05, 3.63) is 41.5 Å². The average Bonchev–Trinajstić information content (AvgIpc) is 3.23. The van der Waals surface area contributed by atoms with E-state index in [1.54, 1.807) is 19.1 Å². The van der Waals surface area contributed by atoms with E-state index in [2.05, 4.69) is 33.9 Å². The van der Waals surface area contributed by atoms with Crippen molar-refractivity contribution < 1.29 is 9.53 Å². The average molecular weight is 357 g/mol. The van der Waals surface area contributed by atoms with Gasteiger partial charge in [0, 0.05) is 26.6 Å². The van der Waals surface area contributed by atoms with Crippen molar-refractivity contribution in [2.45, 2.75) is 45.8 Å². The maximum atomic E-state index is 12.7. The molecule has 0 bridgehead atoms. The monoisotopic (exact) mass is 357 g/mol. The summed E-state index contributed by atoms with van der Waals surface area (Å²) >= 11 is 0. The molecule has 1 unspecified atom stereocenters. The number of aryl methyl sites for hydroxylation is 1. The van der Waals surface area contributed by atoms with Crippen molar-refractivity contribution in [2.24, 2.45) is 5.92 Å². The molecule has 2 aromatic rings. The molecule has 0 fully saturated rings. The zero-order valence-corrected chi connectivity index (χ0v) is 15.9. The maximum Gasteiger partial charge on any atom is 0.318 e. The van der Waals surface area contributed by atoms with Gasteiger partial charge in [-0.3, -0.25) is 0 Å². The molecule has 7 nitrogen and oxygen atoms in total. The van der Waals surface area contributed by atoms with Crippen LogP contribution in [0.15, 0.2) is 24.3 Å². The number of hydrogen-bond acceptors (Lipinski definition) is 4. The van der Waals surface area contributed by atoms with E-state index in [1.165, 1.54) is 0 Å². The quantitative estimate of drug-likeness (QED) is 0.863. The van der Waals surface area contributed by atoms with E-state index in [1.807, 2.05) is 24.3 Å². The smallest absolute Gasteiger partial charge is 0.318 e. The molecule has 1 aromatic carbocycles. The Morgan fingerprint density at radius 3 is 2.92 bits per heavy atom. The third-order valence-electron chi connectivity index (χ3n) is 4.76. The number of urea groups is 1. The van der Waals surface area contributed by atoms with E-state index >= 15 is 0 Å². The van der Waals surface area contributed by atoms with Gasteiger partial charge < -0.3 is 19.5 Å². The first-order chi connectivity index (χ1) is 12.5. The van der Waals surface area contributed by atoms with Crippen molar-refractivity contribution in [3.8, 4) is 5.75 Å². The van der Waals surface area contributed by atoms with Gasteiger partial charge in [0.25, 0.3) is 0 Å². The maximum absolute atomic E-state index is 12.7. The highest BCUT2D eigenvalue weighted by molar-refractivity contribution is 5.74. The van der Waals surface area contributed by atoms with Crippen LogP contribution in [-0.4, -0.2) is 39.9 Å². The van der Waals surface area contributed by atoms with Crippen LogP contribution in [0.1, 0.15) is 43.5 Å². The van der Waals surface area contributed by atoms with Gasteiger partial charge in [-0.1, -0.05) is 26.0 Å². The van der Waals surface area contributed by atoms with Crippen molar-refractivity contribution >= 4 is 6.03 Å². The summed E-state index contributed by atoms with van der Waals surface area (Å²) in [4.78, 5) is 14.4. The molecule has 3 rings (SSSR count). The lowest BCUT2D eigenvalue weighted by Gasteiger charge is -2.26. The highest BCUT2D eigenvalue weighted by Gasteiger charge is 2.28. The van der Waals surface area contributed by atoms with Gasteiger partial charge in [-0.15, -0.1) is 10.2 Å². The van der Waals surface area contributed by atoms with Gasteiger partial charge in [0.15, 0.2) is 5.82 Å². The fourth-order valence-electron chi connectivity index (χ4n) is 3.29. The van der Waals surface area contributed by atoms with Gasteiger partial charge >= 0.3 is 6.03 Å². The molecule has 2 heterocycles. The van der Waals surface area contributed by atoms with Gasteiger partial charge in [0.1, 0.15) is 11.6 Å². The number of amides is 2. The normalized spacial score (nSPS) is 14.2. The number of methoxy groups -OCH3 is 1. The molecule has 2 amide bonds. The Balaban J connectivity index is 1.69. The lowest BCUT2D eigenvalue weighted by molar-refractivity contribution is 0.197. The van der Waals surface area contributed by atoms with Gasteiger partial charge in [-0.25, -0.2) is 4.79 Å². The van der Waals surface area contributed by atoms with Crippen molar-refractivity contribution in [2.75, 3.05) is 14.2 Å². The Morgan fingerprint density at radius 2 is 2.19 bits per heavy atom. The van der Waals surface area contributed by atoms with Gasteiger partial charge in [0.05, 0.1) is 13.2 Å². The number of nitrogens with zero attached hydrogens (tertiary/aromatic N) is 4. The van der Waals surface area contributed by atoms with Crippen LogP contribution in [0.25, 0.3) is 0 Å². The van der Waals surface area contributed by atoms with Crippen molar-refractivity contribution in [1.82, 2.24) is 25.0 Å². The molecule has 26 heavy (non-hydrogen) atoms. The third-order valence-corrected chi connectivity index (χ3v) is 4.76. The topological polar surface area (TPSA) is 72.3 Å². The number of hydrogen-bond donors (Lipinski definition) is 1. The number of fused-ring (bicyclic) bond motifs is 1. The first-order valence-corrected chi connectivity index (χ1v) is 9.06. The lowest BCUT2D eigenvalue weighted by atomic mass is 10.0. The Labute approximate surface area is 154 Å². The molecule has 7 heteroatoms. The summed E-state index contributed by atoms with van der Waals surface area (Å²) in [5.74, 6) is 2.88. The number of aromatic nitrogens is 3. The number of carbonyl (C=O) groups is 1. The SMILES string of the molecule is COc1cccc(CN(C)C(=O)NC(c2nnc3n2CCC3)C(C)C)c1. The zero-order chi connectivity index (χ0) is 18.7. The summed E-state index contributed by atoms with van der Waals surface area (Å²) < 4.78 is 7.39. The van der Waals surface area contributed by atoms with Crippen LogP contribution in [0.2, 0.25) is 0 Å². The van der Waals surface area contributed by atoms with Gasteiger partial charge in [0.2, 0.25) is 0 Å². The highest BCUT2D eigenvalue weighted by Crippen LogP contribution is 2.25. The summed E-state index contributed by atoms with van der Waals surface area (Å²) in [6, 6.07) is 7.46. The molecule has 0 saturated heterocycles. The number of ether oxygens (including phenoxy) is 1. The fourth-order valence-corrected chi connectivity index (χ4v) is 3.29. The second-order valence-electron chi connectivity index (χ2n) is 7.11. The zero-order valence-electron chi connectivity index (χ0n) is 15.9. The number of rotatable bonds is 6. The predicted molar refractivity (Wildman–Crippen MR) is 98.9 cm³/mol. The second-order valence-corrected chi connectivity index (χ2v) is 7.11. The molecule has 1 aliphatic rings. The van der Waals surface area contributed by atoms with Gasteiger partial charge in [-0.05, 0) is 30.0 Å². The lowest BCUT2D eigenvalue weighted by Crippen LogP contribution is -2.41. The summed E-state index contributed by atoms with van der Waals surface area (Å²) in [7, 11) is 3.43. The molecule has 0 aliphatic carbocycles. The molecular weight excluding hydrogens is 330 g/mol. The fraction of sp³-hybridized carbons (Fsp3) is 0.526. The van der Waals surface area contributed by atoms with E-state index in [9.17, 15) is 4.79 Å². The summed E-state index contributed by atoms with van der Waals surface area (Å²) in [6.45, 7) is 5.61. The van der Waals surface area contributed by atoms with Crippen molar-refractivity contribution in [3.63, 3.8) is 0 Å². The minimum absolute atomic E-state index is 0.123. The van der Waals surface area contributed by atoms with E-state index < -0.39 is 0 Å². The minimum Gasteiger partial charge on any atom is -0.497 e. The van der Waals surface area contributed by atoms with Crippen LogP contribution >= 0.6 is 0 Å². The first kappa shape index (κ1) is 18.2. The number of benzene rings is 1. The molecule has 0 spiro atoms. The number of carbonyl (C=O) groups excluding carboxylic acids is 1. The van der Waals surface area contributed by atoms with Crippen LogP contribution in [0.5, 0.6) is 5.75 Å². The van der Waals surface area contributed by atoms with Gasteiger partial charge in [-0.2, -0.15) is 0 Å². The molecular formula is C19H27N5O2. The molecule has 1 atom stereocenters. The summed E-state index contributed by atoms with van der Waals surface area (Å²) in [5.41, 5.74) is 1.02.